The summed E-state index contributed by atoms with van der Waals surface area (Å²) in [5, 5.41) is 2.51. The molecule has 0 aliphatic carbocycles. The number of likely N-dealkylation sites (N-methyl/N-ethyl adjacent to an activating group) is 1. The van der Waals surface area contributed by atoms with Crippen molar-refractivity contribution in [3.63, 3.8) is 0 Å². The van der Waals surface area contributed by atoms with Crippen LogP contribution in [0.5, 0.6) is 11.5 Å². The summed E-state index contributed by atoms with van der Waals surface area (Å²) in [5.41, 5.74) is 2.53. The Kier molecular flexibility index (Phi) is 4.25. The number of hydrogen-bond acceptors (Lipinski definition) is 3. The molecule has 1 saturated heterocycles. The van der Waals surface area contributed by atoms with Gasteiger partial charge in [-0.05, 0) is 54.5 Å². The second kappa shape index (κ2) is 6.90. The normalized spacial score (nSPS) is 22.0. The van der Waals surface area contributed by atoms with Gasteiger partial charge in [0.1, 0.15) is 18.1 Å². The van der Waals surface area contributed by atoms with Gasteiger partial charge in [0.05, 0.1) is 6.61 Å². The summed E-state index contributed by atoms with van der Waals surface area (Å²) in [4.78, 5) is 2.43. The lowest BCUT2D eigenvalue weighted by molar-refractivity contribution is 0.113. The first-order valence-electron chi connectivity index (χ1n) is 9.82. The van der Waals surface area contributed by atoms with Crippen LogP contribution in [0.2, 0.25) is 0 Å². The molecule has 0 unspecified atom stereocenters. The zero-order valence-corrected chi connectivity index (χ0v) is 15.7. The van der Waals surface area contributed by atoms with E-state index in [1.54, 1.807) is 0 Å². The summed E-state index contributed by atoms with van der Waals surface area (Å²) in [6.45, 7) is 3.70. The second-order valence-corrected chi connectivity index (χ2v) is 7.86. The molecule has 0 aromatic heterocycles. The predicted octanol–water partition coefficient (Wildman–Crippen LogP) is 4.85. The number of nitrogens with zero attached hydrogens (tertiary/aromatic N) is 1. The SMILES string of the molecule is CN1CC[C@H]2COc3ccc(OCc4cccc5ccccc45)cc3[C@H]2C1. The van der Waals surface area contributed by atoms with E-state index in [0.29, 0.717) is 18.4 Å². The Morgan fingerprint density at radius 3 is 2.93 bits per heavy atom. The number of hydrogen-bond donors (Lipinski definition) is 0. The molecule has 0 amide bonds. The fourth-order valence-electron chi connectivity index (χ4n) is 4.53. The molecule has 0 radical (unpaired) electrons. The van der Waals surface area contributed by atoms with Crippen molar-refractivity contribution >= 4 is 10.8 Å². The molecule has 5 rings (SSSR count). The van der Waals surface area contributed by atoms with Gasteiger partial charge in [-0.15, -0.1) is 0 Å². The van der Waals surface area contributed by atoms with Crippen molar-refractivity contribution in [2.24, 2.45) is 5.92 Å². The smallest absolute Gasteiger partial charge is 0.123 e. The third-order valence-electron chi connectivity index (χ3n) is 6.07. The summed E-state index contributed by atoms with van der Waals surface area (Å²) in [6.07, 6.45) is 1.21. The van der Waals surface area contributed by atoms with Crippen LogP contribution in [-0.2, 0) is 6.61 Å². The maximum Gasteiger partial charge on any atom is 0.123 e. The van der Waals surface area contributed by atoms with Gasteiger partial charge in [-0.3, -0.25) is 0 Å². The van der Waals surface area contributed by atoms with Crippen LogP contribution in [0.1, 0.15) is 23.5 Å². The summed E-state index contributed by atoms with van der Waals surface area (Å²) in [7, 11) is 2.21. The van der Waals surface area contributed by atoms with E-state index >= 15 is 0 Å². The molecule has 2 aliphatic rings. The van der Waals surface area contributed by atoms with E-state index < -0.39 is 0 Å². The highest BCUT2D eigenvalue weighted by Crippen LogP contribution is 2.42. The molecule has 27 heavy (non-hydrogen) atoms. The monoisotopic (exact) mass is 359 g/mol. The summed E-state index contributed by atoms with van der Waals surface area (Å²) < 4.78 is 12.2. The van der Waals surface area contributed by atoms with Gasteiger partial charge in [-0.2, -0.15) is 0 Å². The highest BCUT2D eigenvalue weighted by molar-refractivity contribution is 5.85. The van der Waals surface area contributed by atoms with E-state index in [1.165, 1.54) is 28.3 Å². The van der Waals surface area contributed by atoms with Gasteiger partial charge in [0.25, 0.3) is 0 Å². The van der Waals surface area contributed by atoms with Gasteiger partial charge < -0.3 is 14.4 Å². The molecule has 2 aliphatic heterocycles. The van der Waals surface area contributed by atoms with E-state index in [9.17, 15) is 0 Å². The molecule has 3 aromatic rings. The third kappa shape index (κ3) is 3.17. The molecule has 1 fully saturated rings. The summed E-state index contributed by atoms with van der Waals surface area (Å²) >= 11 is 0. The van der Waals surface area contributed by atoms with E-state index in [0.717, 1.165) is 31.2 Å². The standard InChI is InChI=1S/C24H25NO2/c1-25-12-11-19-16-27-24-10-9-20(13-22(24)23(19)14-25)26-15-18-7-4-6-17-5-2-3-8-21(17)18/h2-10,13,19,23H,11-12,14-16H2,1H3/t19-,23-/m0/s1. The number of piperidine rings is 1. The molecular weight excluding hydrogens is 334 g/mol. The minimum absolute atomic E-state index is 0.550. The van der Waals surface area contributed by atoms with Crippen LogP contribution in [0.15, 0.2) is 60.7 Å². The molecule has 138 valence electrons. The highest BCUT2D eigenvalue weighted by Gasteiger charge is 2.34. The lowest BCUT2D eigenvalue weighted by Crippen LogP contribution is -2.41. The van der Waals surface area contributed by atoms with E-state index in [1.807, 2.05) is 6.07 Å². The van der Waals surface area contributed by atoms with Crippen molar-refractivity contribution in [3.8, 4) is 11.5 Å². The van der Waals surface area contributed by atoms with Gasteiger partial charge in [0.2, 0.25) is 0 Å². The van der Waals surface area contributed by atoms with Crippen molar-refractivity contribution in [1.82, 2.24) is 4.90 Å². The summed E-state index contributed by atoms with van der Waals surface area (Å²) in [6, 6.07) is 21.2. The van der Waals surface area contributed by atoms with Crippen LogP contribution in [0, 0.1) is 5.92 Å². The largest absolute Gasteiger partial charge is 0.493 e. The Balaban J connectivity index is 1.39. The van der Waals surface area contributed by atoms with Gasteiger partial charge in [-0.25, -0.2) is 0 Å². The average molecular weight is 359 g/mol. The van der Waals surface area contributed by atoms with E-state index in [-0.39, 0.29) is 0 Å². The Morgan fingerprint density at radius 2 is 1.96 bits per heavy atom. The first-order valence-corrected chi connectivity index (χ1v) is 9.82. The fraction of sp³-hybridized carbons (Fsp3) is 0.333. The average Bonchev–Trinajstić information content (AvgIpc) is 2.72. The minimum Gasteiger partial charge on any atom is -0.493 e. The van der Waals surface area contributed by atoms with Crippen LogP contribution in [0.25, 0.3) is 10.8 Å². The van der Waals surface area contributed by atoms with Crippen molar-refractivity contribution < 1.29 is 9.47 Å². The number of benzene rings is 3. The van der Waals surface area contributed by atoms with Gasteiger partial charge >= 0.3 is 0 Å². The maximum absolute atomic E-state index is 6.20. The number of ether oxygens (including phenoxy) is 2. The molecule has 3 nitrogen and oxygen atoms in total. The molecule has 0 saturated carbocycles. The van der Waals surface area contributed by atoms with Crippen LogP contribution in [0.4, 0.5) is 0 Å². The van der Waals surface area contributed by atoms with Crippen LogP contribution >= 0.6 is 0 Å². The van der Waals surface area contributed by atoms with Crippen molar-refractivity contribution in [1.29, 1.82) is 0 Å². The molecule has 3 aromatic carbocycles. The van der Waals surface area contributed by atoms with Gasteiger partial charge in [-0.1, -0.05) is 42.5 Å². The van der Waals surface area contributed by atoms with E-state index in [4.69, 9.17) is 9.47 Å². The Labute approximate surface area is 160 Å². The Morgan fingerprint density at radius 1 is 1.07 bits per heavy atom. The van der Waals surface area contributed by atoms with Gasteiger partial charge in [0, 0.05) is 23.9 Å². The Hall–Kier alpha value is -2.52. The zero-order valence-electron chi connectivity index (χ0n) is 15.7. The lowest BCUT2D eigenvalue weighted by atomic mass is 9.79. The number of likely N-dealkylation sites (tertiary alicyclic amines) is 1. The highest BCUT2D eigenvalue weighted by atomic mass is 16.5. The number of fused-ring (bicyclic) bond motifs is 4. The fourth-order valence-corrected chi connectivity index (χ4v) is 4.53. The molecule has 2 atom stereocenters. The quantitative estimate of drug-likeness (QED) is 0.667. The van der Waals surface area contributed by atoms with Crippen molar-refractivity contribution in [3.05, 3.63) is 71.8 Å². The van der Waals surface area contributed by atoms with Crippen molar-refractivity contribution in [2.45, 2.75) is 18.9 Å². The van der Waals surface area contributed by atoms with E-state index in [2.05, 4.69) is 66.5 Å². The van der Waals surface area contributed by atoms with Gasteiger partial charge in [0.15, 0.2) is 0 Å². The van der Waals surface area contributed by atoms with Crippen LogP contribution in [-0.4, -0.2) is 31.6 Å². The zero-order chi connectivity index (χ0) is 18.2. The van der Waals surface area contributed by atoms with Crippen LogP contribution in [0.3, 0.4) is 0 Å². The lowest BCUT2D eigenvalue weighted by Gasteiger charge is -2.40. The molecule has 3 heteroatoms. The molecule has 2 heterocycles. The molecule has 0 bridgehead atoms. The first-order chi connectivity index (χ1) is 13.3. The Bertz CT molecular complexity index is 962. The van der Waals surface area contributed by atoms with Crippen LogP contribution < -0.4 is 9.47 Å². The molecule has 0 spiro atoms. The number of rotatable bonds is 3. The first kappa shape index (κ1) is 16.6. The molecular formula is C24H25NO2. The maximum atomic E-state index is 6.20. The molecule has 0 N–H and O–H groups in total. The second-order valence-electron chi connectivity index (χ2n) is 7.86. The third-order valence-corrected chi connectivity index (χ3v) is 6.07. The van der Waals surface area contributed by atoms with Crippen molar-refractivity contribution in [2.75, 3.05) is 26.7 Å². The summed E-state index contributed by atoms with van der Waals surface area (Å²) in [5.74, 6) is 3.14. The predicted molar refractivity (Wildman–Crippen MR) is 109 cm³/mol. The topological polar surface area (TPSA) is 21.7 Å². The minimum atomic E-state index is 0.550.